The van der Waals surface area contributed by atoms with E-state index in [1.54, 1.807) is 6.07 Å². The lowest BCUT2D eigenvalue weighted by atomic mass is 10.0. The van der Waals surface area contributed by atoms with Crippen molar-refractivity contribution in [2.45, 2.75) is 52.6 Å². The van der Waals surface area contributed by atoms with Crippen LogP contribution in [0.2, 0.25) is 0 Å². The van der Waals surface area contributed by atoms with Gasteiger partial charge in [0.1, 0.15) is 12.0 Å². The Balaban J connectivity index is 2.35. The summed E-state index contributed by atoms with van der Waals surface area (Å²) in [6, 6.07) is 1.88. The van der Waals surface area contributed by atoms with Gasteiger partial charge in [0, 0.05) is 6.04 Å². The molecule has 1 amide bonds. The molecule has 0 aliphatic carbocycles. The van der Waals surface area contributed by atoms with Crippen LogP contribution in [0.15, 0.2) is 16.7 Å². The number of carbonyl (C=O) groups excluding carboxylic acids is 1. The lowest BCUT2D eigenvalue weighted by Gasteiger charge is -2.13. The van der Waals surface area contributed by atoms with E-state index < -0.39 is 0 Å². The third-order valence-corrected chi connectivity index (χ3v) is 2.91. The van der Waals surface area contributed by atoms with Crippen LogP contribution in [-0.2, 0) is 6.54 Å². The minimum Gasteiger partial charge on any atom is -0.467 e. The van der Waals surface area contributed by atoms with Crippen molar-refractivity contribution in [1.29, 1.82) is 0 Å². The SMILES string of the molecule is CC(C)CCCC(C)NC(=O)c1coc(CN)c1. The van der Waals surface area contributed by atoms with E-state index in [0.29, 0.717) is 23.8 Å². The van der Waals surface area contributed by atoms with E-state index in [-0.39, 0.29) is 11.9 Å². The standard InChI is InChI=1S/C14H24N2O2/c1-10(2)5-4-6-11(3)16-14(17)12-7-13(8-15)18-9-12/h7,9-11H,4-6,8,15H2,1-3H3,(H,16,17). The van der Waals surface area contributed by atoms with Crippen molar-refractivity contribution in [3.63, 3.8) is 0 Å². The van der Waals surface area contributed by atoms with Gasteiger partial charge in [0.25, 0.3) is 5.91 Å². The van der Waals surface area contributed by atoms with Gasteiger partial charge in [-0.15, -0.1) is 0 Å². The summed E-state index contributed by atoms with van der Waals surface area (Å²) in [7, 11) is 0. The van der Waals surface area contributed by atoms with Crippen molar-refractivity contribution < 1.29 is 9.21 Å². The van der Waals surface area contributed by atoms with Crippen LogP contribution in [0, 0.1) is 5.92 Å². The number of hydrogen-bond acceptors (Lipinski definition) is 3. The van der Waals surface area contributed by atoms with Crippen LogP contribution in [0.5, 0.6) is 0 Å². The highest BCUT2D eigenvalue weighted by molar-refractivity contribution is 5.94. The van der Waals surface area contributed by atoms with Gasteiger partial charge in [-0.25, -0.2) is 0 Å². The Kier molecular flexibility index (Phi) is 5.92. The lowest BCUT2D eigenvalue weighted by molar-refractivity contribution is 0.0937. The number of rotatable bonds is 7. The van der Waals surface area contributed by atoms with Gasteiger partial charge in [-0.2, -0.15) is 0 Å². The Labute approximate surface area is 109 Å². The molecule has 4 nitrogen and oxygen atoms in total. The van der Waals surface area contributed by atoms with Gasteiger partial charge in [0.15, 0.2) is 0 Å². The molecule has 0 fully saturated rings. The molecule has 0 bridgehead atoms. The zero-order valence-corrected chi connectivity index (χ0v) is 11.5. The molecule has 0 aliphatic rings. The molecule has 1 rings (SSSR count). The second kappa shape index (κ2) is 7.21. The first-order valence-electron chi connectivity index (χ1n) is 6.61. The van der Waals surface area contributed by atoms with E-state index in [9.17, 15) is 4.79 Å². The summed E-state index contributed by atoms with van der Waals surface area (Å²) in [4.78, 5) is 11.9. The van der Waals surface area contributed by atoms with Crippen LogP contribution in [-0.4, -0.2) is 11.9 Å². The number of furan rings is 1. The predicted molar refractivity (Wildman–Crippen MR) is 72.2 cm³/mol. The molecule has 0 radical (unpaired) electrons. The van der Waals surface area contributed by atoms with Crippen molar-refractivity contribution in [2.75, 3.05) is 0 Å². The molecular weight excluding hydrogens is 228 g/mol. The molecule has 102 valence electrons. The molecule has 1 atom stereocenters. The average Bonchev–Trinajstić information content (AvgIpc) is 2.76. The second-order valence-corrected chi connectivity index (χ2v) is 5.21. The van der Waals surface area contributed by atoms with Gasteiger partial charge in [-0.05, 0) is 25.3 Å². The fourth-order valence-electron chi connectivity index (χ4n) is 1.82. The molecule has 4 heteroatoms. The molecule has 0 saturated carbocycles. The maximum Gasteiger partial charge on any atom is 0.254 e. The summed E-state index contributed by atoms with van der Waals surface area (Å²) in [5.74, 6) is 1.26. The third kappa shape index (κ3) is 4.92. The quantitative estimate of drug-likeness (QED) is 0.784. The van der Waals surface area contributed by atoms with Crippen molar-refractivity contribution in [3.8, 4) is 0 Å². The Morgan fingerprint density at radius 3 is 2.67 bits per heavy atom. The smallest absolute Gasteiger partial charge is 0.254 e. The summed E-state index contributed by atoms with van der Waals surface area (Å²) in [6.07, 6.45) is 4.80. The van der Waals surface area contributed by atoms with Crippen LogP contribution in [0.1, 0.15) is 56.2 Å². The van der Waals surface area contributed by atoms with Crippen molar-refractivity contribution >= 4 is 5.91 Å². The highest BCUT2D eigenvalue weighted by Gasteiger charge is 2.12. The Morgan fingerprint density at radius 2 is 2.11 bits per heavy atom. The number of hydrogen-bond donors (Lipinski definition) is 2. The highest BCUT2D eigenvalue weighted by Crippen LogP contribution is 2.10. The molecule has 18 heavy (non-hydrogen) atoms. The van der Waals surface area contributed by atoms with Crippen LogP contribution >= 0.6 is 0 Å². The van der Waals surface area contributed by atoms with Crippen molar-refractivity contribution in [3.05, 3.63) is 23.7 Å². The third-order valence-electron chi connectivity index (χ3n) is 2.91. The maximum atomic E-state index is 11.9. The lowest BCUT2D eigenvalue weighted by Crippen LogP contribution is -2.32. The second-order valence-electron chi connectivity index (χ2n) is 5.21. The van der Waals surface area contributed by atoms with E-state index in [1.165, 1.54) is 12.7 Å². The zero-order valence-electron chi connectivity index (χ0n) is 11.5. The van der Waals surface area contributed by atoms with Crippen LogP contribution in [0.4, 0.5) is 0 Å². The van der Waals surface area contributed by atoms with Crippen molar-refractivity contribution in [1.82, 2.24) is 5.32 Å². The van der Waals surface area contributed by atoms with Crippen LogP contribution in [0.3, 0.4) is 0 Å². The van der Waals surface area contributed by atoms with Gasteiger partial charge in [0.2, 0.25) is 0 Å². The first-order valence-corrected chi connectivity index (χ1v) is 6.61. The Morgan fingerprint density at radius 1 is 1.39 bits per heavy atom. The number of nitrogens with one attached hydrogen (secondary N) is 1. The van der Waals surface area contributed by atoms with Crippen LogP contribution in [0.25, 0.3) is 0 Å². The van der Waals surface area contributed by atoms with Gasteiger partial charge in [-0.1, -0.05) is 26.7 Å². The van der Waals surface area contributed by atoms with E-state index >= 15 is 0 Å². The van der Waals surface area contributed by atoms with Gasteiger partial charge >= 0.3 is 0 Å². The van der Waals surface area contributed by atoms with E-state index in [1.807, 2.05) is 6.92 Å². The van der Waals surface area contributed by atoms with Gasteiger partial charge in [-0.3, -0.25) is 4.79 Å². The molecule has 1 unspecified atom stereocenters. The number of amides is 1. The normalized spacial score (nSPS) is 12.7. The Bertz CT molecular complexity index is 372. The largest absolute Gasteiger partial charge is 0.467 e. The number of nitrogens with two attached hydrogens (primary N) is 1. The molecule has 1 aromatic rings. The topological polar surface area (TPSA) is 68.3 Å². The van der Waals surface area contributed by atoms with Crippen molar-refractivity contribution in [2.24, 2.45) is 11.7 Å². The molecule has 0 saturated heterocycles. The average molecular weight is 252 g/mol. The summed E-state index contributed by atoms with van der Waals surface area (Å²) in [5.41, 5.74) is 5.98. The van der Waals surface area contributed by atoms with E-state index in [0.717, 1.165) is 12.8 Å². The summed E-state index contributed by atoms with van der Waals surface area (Å²) >= 11 is 0. The molecule has 0 aliphatic heterocycles. The maximum absolute atomic E-state index is 11.9. The molecule has 3 N–H and O–H groups in total. The molecule has 1 heterocycles. The Hall–Kier alpha value is -1.29. The van der Waals surface area contributed by atoms with Crippen LogP contribution < -0.4 is 11.1 Å². The first kappa shape index (κ1) is 14.8. The van der Waals surface area contributed by atoms with E-state index in [4.69, 9.17) is 10.2 Å². The molecule has 1 aromatic heterocycles. The first-order chi connectivity index (χ1) is 8.52. The molecular formula is C14H24N2O2. The molecule has 0 aromatic carbocycles. The molecule has 0 spiro atoms. The highest BCUT2D eigenvalue weighted by atomic mass is 16.3. The summed E-state index contributed by atoms with van der Waals surface area (Å²) < 4.78 is 5.14. The zero-order chi connectivity index (χ0) is 13.5. The summed E-state index contributed by atoms with van der Waals surface area (Å²) in [6.45, 7) is 6.77. The minimum absolute atomic E-state index is 0.0875. The minimum atomic E-state index is -0.0875. The fourth-order valence-corrected chi connectivity index (χ4v) is 1.82. The van der Waals surface area contributed by atoms with Gasteiger partial charge < -0.3 is 15.5 Å². The predicted octanol–water partition coefficient (Wildman–Crippen LogP) is 2.68. The van der Waals surface area contributed by atoms with E-state index in [2.05, 4.69) is 19.2 Å². The summed E-state index contributed by atoms with van der Waals surface area (Å²) in [5, 5.41) is 2.97. The monoisotopic (exact) mass is 252 g/mol. The number of carbonyl (C=O) groups is 1. The van der Waals surface area contributed by atoms with Gasteiger partial charge in [0.05, 0.1) is 12.1 Å². The fraction of sp³-hybridized carbons (Fsp3) is 0.643.